The van der Waals surface area contributed by atoms with E-state index in [9.17, 15) is 14.4 Å². The van der Waals surface area contributed by atoms with E-state index < -0.39 is 11.7 Å². The van der Waals surface area contributed by atoms with E-state index in [1.807, 2.05) is 10.8 Å². The van der Waals surface area contributed by atoms with E-state index in [-0.39, 0.29) is 17.4 Å². The van der Waals surface area contributed by atoms with E-state index in [0.717, 1.165) is 24.4 Å². The van der Waals surface area contributed by atoms with Gasteiger partial charge in [-0.15, -0.1) is 10.2 Å². The normalized spacial score (nSPS) is 16.7. The number of pyridine rings is 1. The summed E-state index contributed by atoms with van der Waals surface area (Å²) in [5.41, 5.74) is 2.79. The fourth-order valence-electron chi connectivity index (χ4n) is 4.50. The molecule has 1 N–H and O–H groups in total. The summed E-state index contributed by atoms with van der Waals surface area (Å²) in [6, 6.07) is 9.88. The van der Waals surface area contributed by atoms with Crippen molar-refractivity contribution < 1.29 is 9.18 Å². The maximum Gasteiger partial charge on any atom is 0.259 e. The van der Waals surface area contributed by atoms with Gasteiger partial charge >= 0.3 is 0 Å². The molecule has 10 heteroatoms. The minimum atomic E-state index is -0.616. The Kier molecular flexibility index (Phi) is 4.91. The van der Waals surface area contributed by atoms with Crippen molar-refractivity contribution in [2.24, 2.45) is 0 Å². The third-order valence-electron chi connectivity index (χ3n) is 6.49. The van der Waals surface area contributed by atoms with Crippen LogP contribution in [0.4, 0.5) is 10.2 Å². The SMILES string of the molecule is Cc1cc(F)c(C(=O)Nc2cccc(-c3nnc4n3[C@@H](C#N)CC4)n2)cc1-n1cnc(C2CC2)c1. The minimum Gasteiger partial charge on any atom is -0.306 e. The number of amides is 1. The third-order valence-corrected chi connectivity index (χ3v) is 6.49. The van der Waals surface area contributed by atoms with E-state index in [2.05, 4.69) is 31.6 Å². The van der Waals surface area contributed by atoms with Gasteiger partial charge in [-0.3, -0.25) is 9.36 Å². The predicted molar refractivity (Wildman–Crippen MR) is 124 cm³/mol. The Bertz CT molecular complexity index is 1510. The molecule has 4 heterocycles. The van der Waals surface area contributed by atoms with Crippen LogP contribution in [0.3, 0.4) is 0 Å². The number of carbonyl (C=O) groups is 1. The second kappa shape index (κ2) is 8.13. The molecule has 0 unspecified atom stereocenters. The van der Waals surface area contributed by atoms with Gasteiger partial charge in [0.2, 0.25) is 0 Å². The lowest BCUT2D eigenvalue weighted by Gasteiger charge is -2.12. The van der Waals surface area contributed by atoms with E-state index in [4.69, 9.17) is 0 Å². The van der Waals surface area contributed by atoms with Gasteiger partial charge in [0.15, 0.2) is 5.82 Å². The van der Waals surface area contributed by atoms with Crippen LogP contribution in [0, 0.1) is 24.1 Å². The Hall–Kier alpha value is -4.39. The van der Waals surface area contributed by atoms with Crippen LogP contribution in [0.15, 0.2) is 42.9 Å². The molecule has 35 heavy (non-hydrogen) atoms. The van der Waals surface area contributed by atoms with Gasteiger partial charge in [0.25, 0.3) is 5.91 Å². The van der Waals surface area contributed by atoms with Crippen LogP contribution in [0.1, 0.15) is 58.7 Å². The second-order valence-corrected chi connectivity index (χ2v) is 8.95. The van der Waals surface area contributed by atoms with Crippen molar-refractivity contribution in [1.82, 2.24) is 29.3 Å². The Labute approximate surface area is 200 Å². The molecule has 6 rings (SSSR count). The first-order chi connectivity index (χ1) is 17.0. The lowest BCUT2D eigenvalue weighted by Crippen LogP contribution is -2.16. The van der Waals surface area contributed by atoms with Gasteiger partial charge in [-0.2, -0.15) is 5.26 Å². The zero-order valence-electron chi connectivity index (χ0n) is 18.9. The summed E-state index contributed by atoms with van der Waals surface area (Å²) < 4.78 is 18.4. The van der Waals surface area contributed by atoms with Gasteiger partial charge in [-0.1, -0.05) is 6.07 Å². The number of anilines is 1. The van der Waals surface area contributed by atoms with Gasteiger partial charge in [0.05, 0.1) is 29.3 Å². The molecule has 1 saturated carbocycles. The Morgan fingerprint density at radius 2 is 2.09 bits per heavy atom. The number of imidazole rings is 1. The molecule has 1 atom stereocenters. The maximum atomic E-state index is 14.8. The van der Waals surface area contributed by atoms with Gasteiger partial charge in [0, 0.05) is 18.5 Å². The molecular weight excluding hydrogens is 447 g/mol. The van der Waals surface area contributed by atoms with Gasteiger partial charge in [0.1, 0.15) is 29.2 Å². The number of hydrogen-bond acceptors (Lipinski definition) is 6. The smallest absolute Gasteiger partial charge is 0.259 e. The summed E-state index contributed by atoms with van der Waals surface area (Å²) in [5.74, 6) is 0.716. The molecule has 4 aromatic rings. The molecule has 3 aromatic heterocycles. The summed E-state index contributed by atoms with van der Waals surface area (Å²) in [6.45, 7) is 1.80. The van der Waals surface area contributed by atoms with E-state index in [1.165, 1.54) is 12.1 Å². The quantitative estimate of drug-likeness (QED) is 0.471. The number of aryl methyl sites for hydroxylation is 2. The number of rotatable bonds is 5. The lowest BCUT2D eigenvalue weighted by atomic mass is 10.1. The first kappa shape index (κ1) is 21.2. The number of nitrogens with zero attached hydrogens (tertiary/aromatic N) is 7. The van der Waals surface area contributed by atoms with Crippen LogP contribution in [0.2, 0.25) is 0 Å². The lowest BCUT2D eigenvalue weighted by molar-refractivity contribution is 0.102. The fraction of sp³-hybridized carbons (Fsp3) is 0.280. The number of carbonyl (C=O) groups excluding carboxylic acids is 1. The zero-order chi connectivity index (χ0) is 24.1. The molecule has 0 spiro atoms. The molecule has 0 saturated heterocycles. The highest BCUT2D eigenvalue weighted by Gasteiger charge is 2.28. The van der Waals surface area contributed by atoms with Crippen molar-refractivity contribution in [3.8, 4) is 23.3 Å². The Morgan fingerprint density at radius 3 is 2.89 bits per heavy atom. The molecule has 0 bridgehead atoms. The summed E-state index contributed by atoms with van der Waals surface area (Å²) in [5, 5.41) is 20.5. The van der Waals surface area contributed by atoms with Crippen LogP contribution in [-0.4, -0.2) is 35.2 Å². The standard InChI is InChI=1S/C25H21FN8O/c1-14-9-18(26)17(10-21(14)33-12-20(28-13-33)15-5-6-15)25(35)30-22-4-2-3-19(29-22)24-32-31-23-8-7-16(11-27)34(23)24/h2-4,9-10,12-13,15-16H,5-8H2,1H3,(H,29,30,35)/t16-/m1/s1. The summed E-state index contributed by atoms with van der Waals surface area (Å²) in [7, 11) is 0. The molecule has 174 valence electrons. The fourth-order valence-corrected chi connectivity index (χ4v) is 4.50. The molecule has 1 amide bonds. The van der Waals surface area contributed by atoms with E-state index in [0.29, 0.717) is 41.5 Å². The summed E-state index contributed by atoms with van der Waals surface area (Å²) in [4.78, 5) is 22.0. The Balaban J connectivity index is 1.28. The number of hydrogen-bond donors (Lipinski definition) is 1. The highest BCUT2D eigenvalue weighted by atomic mass is 19.1. The topological polar surface area (TPSA) is 114 Å². The molecule has 1 aliphatic carbocycles. The van der Waals surface area contributed by atoms with Crippen molar-refractivity contribution >= 4 is 11.7 Å². The molecule has 2 aliphatic rings. The van der Waals surface area contributed by atoms with Crippen molar-refractivity contribution in [3.63, 3.8) is 0 Å². The first-order valence-corrected chi connectivity index (χ1v) is 11.5. The highest BCUT2D eigenvalue weighted by molar-refractivity contribution is 6.04. The molecule has 1 aromatic carbocycles. The Morgan fingerprint density at radius 1 is 1.23 bits per heavy atom. The van der Waals surface area contributed by atoms with E-state index in [1.54, 1.807) is 36.0 Å². The first-order valence-electron chi connectivity index (χ1n) is 11.5. The van der Waals surface area contributed by atoms with Crippen molar-refractivity contribution in [2.45, 2.75) is 44.6 Å². The van der Waals surface area contributed by atoms with E-state index >= 15 is 0 Å². The number of fused-ring (bicyclic) bond motifs is 1. The number of nitrogens with one attached hydrogen (secondary N) is 1. The van der Waals surface area contributed by atoms with Crippen LogP contribution in [0.5, 0.6) is 0 Å². The largest absolute Gasteiger partial charge is 0.306 e. The number of nitriles is 1. The highest BCUT2D eigenvalue weighted by Crippen LogP contribution is 2.39. The second-order valence-electron chi connectivity index (χ2n) is 8.95. The van der Waals surface area contributed by atoms with Crippen LogP contribution in [0.25, 0.3) is 17.2 Å². The predicted octanol–water partition coefficient (Wildman–Crippen LogP) is 4.11. The molecule has 1 aliphatic heterocycles. The van der Waals surface area contributed by atoms with Gasteiger partial charge < -0.3 is 9.88 Å². The van der Waals surface area contributed by atoms with Crippen molar-refractivity contribution in [2.75, 3.05) is 5.32 Å². The average Bonchev–Trinajstić information content (AvgIpc) is 3.25. The third kappa shape index (κ3) is 3.75. The van der Waals surface area contributed by atoms with Crippen LogP contribution >= 0.6 is 0 Å². The molecule has 9 nitrogen and oxygen atoms in total. The van der Waals surface area contributed by atoms with Crippen molar-refractivity contribution in [3.05, 3.63) is 71.3 Å². The van der Waals surface area contributed by atoms with Crippen molar-refractivity contribution in [1.29, 1.82) is 5.26 Å². The summed E-state index contributed by atoms with van der Waals surface area (Å²) in [6.07, 6.45) is 7.26. The average molecular weight is 468 g/mol. The number of halogens is 1. The monoisotopic (exact) mass is 468 g/mol. The minimum absolute atomic E-state index is 0.0904. The number of benzene rings is 1. The summed E-state index contributed by atoms with van der Waals surface area (Å²) >= 11 is 0. The number of aromatic nitrogens is 6. The zero-order valence-corrected chi connectivity index (χ0v) is 18.9. The molecule has 0 radical (unpaired) electrons. The van der Waals surface area contributed by atoms with Crippen LogP contribution in [-0.2, 0) is 6.42 Å². The molecule has 1 fully saturated rings. The maximum absolute atomic E-state index is 14.8. The molecular formula is C25H21FN8O. The van der Waals surface area contributed by atoms with Gasteiger partial charge in [-0.05, 0) is 56.0 Å². The van der Waals surface area contributed by atoms with Gasteiger partial charge in [-0.25, -0.2) is 14.4 Å². The van der Waals surface area contributed by atoms with Crippen LogP contribution < -0.4 is 5.32 Å².